The van der Waals surface area contributed by atoms with Gasteiger partial charge in [0, 0.05) is 12.0 Å². The van der Waals surface area contributed by atoms with Crippen molar-refractivity contribution >= 4 is 0 Å². The summed E-state index contributed by atoms with van der Waals surface area (Å²) in [5, 5.41) is 10.1. The maximum atomic E-state index is 10.1. The molecule has 1 saturated heterocycles. The van der Waals surface area contributed by atoms with Crippen LogP contribution < -0.4 is 0 Å². The fourth-order valence-electron chi connectivity index (χ4n) is 4.16. The van der Waals surface area contributed by atoms with Gasteiger partial charge in [0.25, 0.3) is 0 Å². The van der Waals surface area contributed by atoms with Crippen LogP contribution in [0.4, 0.5) is 0 Å². The van der Waals surface area contributed by atoms with Gasteiger partial charge in [-0.25, -0.2) is 0 Å². The first-order valence-electron chi connectivity index (χ1n) is 8.30. The number of benzene rings is 1. The molecule has 3 rings (SSSR count). The molecule has 2 aliphatic rings. The van der Waals surface area contributed by atoms with E-state index in [0.29, 0.717) is 12.0 Å². The summed E-state index contributed by atoms with van der Waals surface area (Å²) < 4.78 is 0. The van der Waals surface area contributed by atoms with E-state index < -0.39 is 0 Å². The highest BCUT2D eigenvalue weighted by atomic mass is 16.3. The number of hydrogen-bond acceptors (Lipinski definition) is 2. The molecule has 0 spiro atoms. The molecule has 1 aliphatic heterocycles. The molecule has 3 unspecified atom stereocenters. The van der Waals surface area contributed by atoms with Gasteiger partial charge >= 0.3 is 0 Å². The zero-order valence-corrected chi connectivity index (χ0v) is 12.4. The van der Waals surface area contributed by atoms with Crippen LogP contribution >= 0.6 is 0 Å². The highest BCUT2D eigenvalue weighted by Crippen LogP contribution is 2.35. The van der Waals surface area contributed by atoms with Crippen LogP contribution in [0.5, 0.6) is 0 Å². The quantitative estimate of drug-likeness (QED) is 0.890. The minimum atomic E-state index is -0.0327. The summed E-state index contributed by atoms with van der Waals surface area (Å²) in [4.78, 5) is 2.65. The molecule has 2 nitrogen and oxygen atoms in total. The average molecular weight is 273 g/mol. The molecule has 0 amide bonds. The predicted molar refractivity (Wildman–Crippen MR) is 82.7 cm³/mol. The number of nitrogens with zero attached hydrogens (tertiary/aromatic N) is 1. The second-order valence-electron chi connectivity index (χ2n) is 6.50. The maximum Gasteiger partial charge on any atom is 0.0583 e. The van der Waals surface area contributed by atoms with Crippen molar-refractivity contribution < 1.29 is 5.11 Å². The minimum absolute atomic E-state index is 0.0327. The first-order valence-corrected chi connectivity index (χ1v) is 8.30. The normalized spacial score (nSPS) is 30.9. The highest BCUT2D eigenvalue weighted by Gasteiger charge is 2.37. The zero-order chi connectivity index (χ0) is 13.8. The van der Waals surface area contributed by atoms with E-state index in [4.69, 9.17) is 0 Å². The van der Waals surface area contributed by atoms with Crippen molar-refractivity contribution in [1.29, 1.82) is 0 Å². The largest absolute Gasteiger partial charge is 0.393 e. The number of likely N-dealkylation sites (tertiary alicyclic amines) is 1. The molecular weight excluding hydrogens is 246 g/mol. The summed E-state index contributed by atoms with van der Waals surface area (Å²) in [6.07, 6.45) is 8.49. The summed E-state index contributed by atoms with van der Waals surface area (Å²) in [5.74, 6) is 0.550. The van der Waals surface area contributed by atoms with Crippen LogP contribution in [0.15, 0.2) is 30.3 Å². The lowest BCUT2D eigenvalue weighted by Gasteiger charge is -2.31. The molecule has 0 radical (unpaired) electrons. The monoisotopic (exact) mass is 273 g/mol. The lowest BCUT2D eigenvalue weighted by molar-refractivity contribution is 0.0743. The molecule has 2 heteroatoms. The number of hydrogen-bond donors (Lipinski definition) is 1. The fraction of sp³-hybridized carbons (Fsp3) is 0.667. The molecule has 1 N–H and O–H groups in total. The second-order valence-corrected chi connectivity index (χ2v) is 6.50. The van der Waals surface area contributed by atoms with Crippen molar-refractivity contribution in [2.45, 2.75) is 57.1 Å². The van der Waals surface area contributed by atoms with Crippen LogP contribution in [0.3, 0.4) is 0 Å². The van der Waals surface area contributed by atoms with Crippen LogP contribution in [0.25, 0.3) is 0 Å². The van der Waals surface area contributed by atoms with Gasteiger partial charge < -0.3 is 10.0 Å². The molecule has 2 fully saturated rings. The molecule has 0 aromatic heterocycles. The van der Waals surface area contributed by atoms with E-state index in [1.165, 1.54) is 57.2 Å². The van der Waals surface area contributed by atoms with E-state index in [1.54, 1.807) is 0 Å². The van der Waals surface area contributed by atoms with Crippen LogP contribution in [-0.2, 0) is 6.42 Å². The molecule has 3 atom stereocenters. The van der Waals surface area contributed by atoms with Crippen LogP contribution in [0.1, 0.15) is 44.1 Å². The van der Waals surface area contributed by atoms with Crippen LogP contribution in [0, 0.1) is 5.92 Å². The Morgan fingerprint density at radius 2 is 1.90 bits per heavy atom. The second kappa shape index (κ2) is 6.73. The third kappa shape index (κ3) is 3.24. The third-order valence-electron chi connectivity index (χ3n) is 5.19. The minimum Gasteiger partial charge on any atom is -0.393 e. The Bertz CT molecular complexity index is 405. The Labute approximate surface area is 122 Å². The third-order valence-corrected chi connectivity index (χ3v) is 5.19. The van der Waals surface area contributed by atoms with E-state index >= 15 is 0 Å². The summed E-state index contributed by atoms with van der Waals surface area (Å²) in [5.41, 5.74) is 1.45. The van der Waals surface area contributed by atoms with Gasteiger partial charge in [0.15, 0.2) is 0 Å². The fourth-order valence-corrected chi connectivity index (χ4v) is 4.16. The van der Waals surface area contributed by atoms with Crippen LogP contribution in [-0.4, -0.2) is 35.2 Å². The average Bonchev–Trinajstić information content (AvgIpc) is 3.08. The molecule has 1 heterocycles. The smallest absolute Gasteiger partial charge is 0.0583 e. The Morgan fingerprint density at radius 3 is 2.65 bits per heavy atom. The molecule has 1 saturated carbocycles. The van der Waals surface area contributed by atoms with Crippen molar-refractivity contribution in [2.24, 2.45) is 5.92 Å². The SMILES string of the molecule is OC1CCCC1C1CCCN1CCCc1ccccc1. The Morgan fingerprint density at radius 1 is 1.05 bits per heavy atom. The van der Waals surface area contributed by atoms with E-state index in [-0.39, 0.29) is 6.10 Å². The van der Waals surface area contributed by atoms with Gasteiger partial charge in [0.1, 0.15) is 0 Å². The van der Waals surface area contributed by atoms with Crippen molar-refractivity contribution in [3.8, 4) is 0 Å². The van der Waals surface area contributed by atoms with E-state index in [2.05, 4.69) is 35.2 Å². The van der Waals surface area contributed by atoms with E-state index in [1.807, 2.05) is 0 Å². The van der Waals surface area contributed by atoms with Crippen molar-refractivity contribution in [3.05, 3.63) is 35.9 Å². The molecule has 1 aromatic rings. The molecular formula is C18H27NO. The van der Waals surface area contributed by atoms with Gasteiger partial charge in [-0.2, -0.15) is 0 Å². The van der Waals surface area contributed by atoms with Gasteiger partial charge in [0.2, 0.25) is 0 Å². The predicted octanol–water partition coefficient (Wildman–Crippen LogP) is 3.24. The topological polar surface area (TPSA) is 23.5 Å². The van der Waals surface area contributed by atoms with Crippen molar-refractivity contribution in [2.75, 3.05) is 13.1 Å². The lowest BCUT2D eigenvalue weighted by atomic mass is 9.94. The van der Waals surface area contributed by atoms with Gasteiger partial charge in [-0.3, -0.25) is 0 Å². The highest BCUT2D eigenvalue weighted by molar-refractivity contribution is 5.14. The number of rotatable bonds is 5. The van der Waals surface area contributed by atoms with E-state index in [9.17, 15) is 5.11 Å². The summed E-state index contributed by atoms with van der Waals surface area (Å²) >= 11 is 0. The Balaban J connectivity index is 1.49. The molecule has 20 heavy (non-hydrogen) atoms. The molecule has 1 aromatic carbocycles. The van der Waals surface area contributed by atoms with Crippen LogP contribution in [0.2, 0.25) is 0 Å². The summed E-state index contributed by atoms with van der Waals surface area (Å²) in [7, 11) is 0. The summed E-state index contributed by atoms with van der Waals surface area (Å²) in [6, 6.07) is 11.4. The Kier molecular flexibility index (Phi) is 4.74. The number of aliphatic hydroxyl groups excluding tert-OH is 1. The van der Waals surface area contributed by atoms with E-state index in [0.717, 1.165) is 6.42 Å². The lowest BCUT2D eigenvalue weighted by Crippen LogP contribution is -2.39. The standard InChI is InChI=1S/C18H27NO/c20-18-12-4-10-16(18)17-11-6-14-19(17)13-5-9-15-7-2-1-3-8-15/h1-3,7-8,16-18,20H,4-6,9-14H2. The first-order chi connectivity index (χ1) is 9.84. The number of aliphatic hydroxyl groups is 1. The molecule has 1 aliphatic carbocycles. The van der Waals surface area contributed by atoms with Gasteiger partial charge in [-0.15, -0.1) is 0 Å². The zero-order valence-electron chi connectivity index (χ0n) is 12.4. The molecule has 0 bridgehead atoms. The van der Waals surface area contributed by atoms with Gasteiger partial charge in [0.05, 0.1) is 6.10 Å². The summed E-state index contributed by atoms with van der Waals surface area (Å²) in [6.45, 7) is 2.44. The van der Waals surface area contributed by atoms with Gasteiger partial charge in [-0.1, -0.05) is 36.8 Å². The Hall–Kier alpha value is -0.860. The van der Waals surface area contributed by atoms with Crippen molar-refractivity contribution in [3.63, 3.8) is 0 Å². The number of aryl methyl sites for hydroxylation is 1. The maximum absolute atomic E-state index is 10.1. The first kappa shape index (κ1) is 14.1. The van der Waals surface area contributed by atoms with Gasteiger partial charge in [-0.05, 0) is 57.2 Å². The molecule has 110 valence electrons. The van der Waals surface area contributed by atoms with Crippen molar-refractivity contribution in [1.82, 2.24) is 4.90 Å².